The third kappa shape index (κ3) is 5.75. The van der Waals surface area contributed by atoms with Crippen LogP contribution in [0.3, 0.4) is 0 Å². The van der Waals surface area contributed by atoms with E-state index in [-0.39, 0.29) is 12.5 Å². The minimum atomic E-state index is -4.55. The molecule has 0 aromatic heterocycles. The fourth-order valence-corrected chi connectivity index (χ4v) is 1.63. The maximum absolute atomic E-state index is 10.3. The molecule has 8 heteroatoms. The first kappa shape index (κ1) is 16.8. The van der Waals surface area contributed by atoms with Gasteiger partial charge in [0.2, 0.25) is 0 Å². The van der Waals surface area contributed by atoms with Crippen molar-refractivity contribution in [1.29, 1.82) is 0 Å². The minimum absolute atomic E-state index is 0.192. The molecule has 4 unspecified atom stereocenters. The maximum Gasteiger partial charge on any atom is 0.397 e. The standard InChI is InChI=1S/C7H14O7S.C2H6/c1-4-2-13-5(7(9)6(4)8)3-14-15(10,11)12;1-2/h4-9H,2-3H2,1H3,(H,10,11,12);1-2H3. The SMILES string of the molecule is CC.CC1COC(COS(=O)(=O)O)C(O)C1O. The maximum atomic E-state index is 10.3. The Labute approximate surface area is 101 Å². The van der Waals surface area contributed by atoms with Gasteiger partial charge in [0.05, 0.1) is 19.3 Å². The van der Waals surface area contributed by atoms with Gasteiger partial charge in [0.25, 0.3) is 0 Å². The van der Waals surface area contributed by atoms with E-state index in [1.54, 1.807) is 6.92 Å². The average Bonchev–Trinajstić information content (AvgIpc) is 2.26. The predicted octanol–water partition coefficient (Wildman–Crippen LogP) is -0.411. The molecule has 1 saturated heterocycles. The Hall–Kier alpha value is -0.250. The lowest BCUT2D eigenvalue weighted by Crippen LogP contribution is -2.51. The lowest BCUT2D eigenvalue weighted by atomic mass is 9.94. The summed E-state index contributed by atoms with van der Waals surface area (Å²) in [6.07, 6.45) is -3.18. The third-order valence-electron chi connectivity index (χ3n) is 2.27. The van der Waals surface area contributed by atoms with Crippen LogP contribution in [0.25, 0.3) is 0 Å². The smallest absolute Gasteiger partial charge is 0.390 e. The van der Waals surface area contributed by atoms with Crippen molar-refractivity contribution >= 4 is 10.4 Å². The molecule has 1 heterocycles. The van der Waals surface area contributed by atoms with Gasteiger partial charge in [0.1, 0.15) is 12.2 Å². The van der Waals surface area contributed by atoms with Crippen LogP contribution in [0, 0.1) is 5.92 Å². The number of hydrogen-bond donors (Lipinski definition) is 3. The van der Waals surface area contributed by atoms with Gasteiger partial charge in [-0.3, -0.25) is 4.55 Å². The Bertz CT molecular complexity index is 302. The van der Waals surface area contributed by atoms with Gasteiger partial charge in [0.15, 0.2) is 0 Å². The summed E-state index contributed by atoms with van der Waals surface area (Å²) in [6, 6.07) is 0. The van der Waals surface area contributed by atoms with Crippen LogP contribution in [0.5, 0.6) is 0 Å². The van der Waals surface area contributed by atoms with Gasteiger partial charge in [-0.25, -0.2) is 4.18 Å². The molecule has 0 amide bonds. The third-order valence-corrected chi connectivity index (χ3v) is 2.70. The molecule has 1 rings (SSSR count). The normalized spacial score (nSPS) is 33.8. The molecule has 1 aliphatic rings. The lowest BCUT2D eigenvalue weighted by Gasteiger charge is -2.35. The molecule has 0 bridgehead atoms. The summed E-state index contributed by atoms with van der Waals surface area (Å²) in [5.74, 6) is -0.234. The Morgan fingerprint density at radius 2 is 1.82 bits per heavy atom. The van der Waals surface area contributed by atoms with Gasteiger partial charge in [-0.2, -0.15) is 8.42 Å². The summed E-state index contributed by atoms with van der Waals surface area (Å²) < 4.78 is 37.9. The van der Waals surface area contributed by atoms with E-state index < -0.39 is 35.3 Å². The van der Waals surface area contributed by atoms with Crippen molar-refractivity contribution in [3.8, 4) is 0 Å². The monoisotopic (exact) mass is 272 g/mol. The van der Waals surface area contributed by atoms with Crippen molar-refractivity contribution in [3.05, 3.63) is 0 Å². The highest BCUT2D eigenvalue weighted by molar-refractivity contribution is 7.80. The second-order valence-corrected chi connectivity index (χ2v) is 4.63. The van der Waals surface area contributed by atoms with E-state index in [0.29, 0.717) is 0 Å². The summed E-state index contributed by atoms with van der Waals surface area (Å²) in [5, 5.41) is 18.9. The van der Waals surface area contributed by atoms with Crippen LogP contribution >= 0.6 is 0 Å². The second kappa shape index (κ2) is 7.24. The van der Waals surface area contributed by atoms with Gasteiger partial charge in [-0.15, -0.1) is 0 Å². The number of aliphatic hydroxyl groups excluding tert-OH is 2. The summed E-state index contributed by atoms with van der Waals surface area (Å²) in [7, 11) is -4.55. The van der Waals surface area contributed by atoms with Gasteiger partial charge < -0.3 is 14.9 Å². The zero-order chi connectivity index (χ0) is 13.6. The first-order valence-corrected chi connectivity index (χ1v) is 6.77. The van der Waals surface area contributed by atoms with Crippen LogP contribution in [0.1, 0.15) is 20.8 Å². The van der Waals surface area contributed by atoms with Crippen LogP contribution < -0.4 is 0 Å². The van der Waals surface area contributed by atoms with E-state index in [0.717, 1.165) is 0 Å². The molecule has 0 aromatic rings. The van der Waals surface area contributed by atoms with Crippen molar-refractivity contribution in [3.63, 3.8) is 0 Å². The molecule has 3 N–H and O–H groups in total. The molecule has 1 aliphatic heterocycles. The van der Waals surface area contributed by atoms with Crippen LogP contribution in [0.4, 0.5) is 0 Å². The molecule has 4 atom stereocenters. The van der Waals surface area contributed by atoms with Gasteiger partial charge in [-0.1, -0.05) is 20.8 Å². The summed E-state index contributed by atoms with van der Waals surface area (Å²) in [5.41, 5.74) is 0. The fourth-order valence-electron chi connectivity index (χ4n) is 1.33. The molecule has 0 saturated carbocycles. The molecular weight excluding hydrogens is 252 g/mol. The molecule has 7 nitrogen and oxygen atoms in total. The average molecular weight is 272 g/mol. The van der Waals surface area contributed by atoms with Crippen LogP contribution in [0.2, 0.25) is 0 Å². The number of hydrogen-bond acceptors (Lipinski definition) is 6. The molecule has 104 valence electrons. The van der Waals surface area contributed by atoms with E-state index >= 15 is 0 Å². The van der Waals surface area contributed by atoms with Crippen molar-refractivity contribution in [2.24, 2.45) is 5.92 Å². The topological polar surface area (TPSA) is 113 Å². The highest BCUT2D eigenvalue weighted by atomic mass is 32.3. The van der Waals surface area contributed by atoms with Gasteiger partial charge in [0, 0.05) is 5.92 Å². The van der Waals surface area contributed by atoms with E-state index in [1.807, 2.05) is 13.8 Å². The number of rotatable bonds is 3. The van der Waals surface area contributed by atoms with Crippen LogP contribution in [0.15, 0.2) is 0 Å². The van der Waals surface area contributed by atoms with E-state index in [9.17, 15) is 18.6 Å². The van der Waals surface area contributed by atoms with Crippen molar-refractivity contribution < 1.29 is 32.1 Å². The largest absolute Gasteiger partial charge is 0.397 e. The minimum Gasteiger partial charge on any atom is -0.390 e. The quantitative estimate of drug-likeness (QED) is 0.598. The van der Waals surface area contributed by atoms with Crippen LogP contribution in [-0.4, -0.2) is 54.7 Å². The highest BCUT2D eigenvalue weighted by Gasteiger charge is 2.36. The van der Waals surface area contributed by atoms with E-state index in [1.165, 1.54) is 0 Å². The molecular formula is C9H20O7S. The van der Waals surface area contributed by atoms with Crippen molar-refractivity contribution in [2.75, 3.05) is 13.2 Å². The molecule has 1 fully saturated rings. The molecule has 0 spiro atoms. The van der Waals surface area contributed by atoms with Gasteiger partial charge in [-0.05, 0) is 0 Å². The highest BCUT2D eigenvalue weighted by Crippen LogP contribution is 2.20. The predicted molar refractivity (Wildman–Crippen MR) is 59.8 cm³/mol. The molecule has 17 heavy (non-hydrogen) atoms. The molecule has 0 radical (unpaired) electrons. The fraction of sp³-hybridized carbons (Fsp3) is 1.00. The second-order valence-electron chi connectivity index (χ2n) is 3.54. The lowest BCUT2D eigenvalue weighted by molar-refractivity contribution is -0.168. The summed E-state index contributed by atoms with van der Waals surface area (Å²) >= 11 is 0. The molecule has 0 aromatic carbocycles. The first-order valence-electron chi connectivity index (χ1n) is 5.41. The summed E-state index contributed by atoms with van der Waals surface area (Å²) in [4.78, 5) is 0. The van der Waals surface area contributed by atoms with Crippen molar-refractivity contribution in [2.45, 2.75) is 39.1 Å². The Kier molecular flexibility index (Phi) is 7.14. The van der Waals surface area contributed by atoms with E-state index in [4.69, 9.17) is 9.29 Å². The van der Waals surface area contributed by atoms with Gasteiger partial charge >= 0.3 is 10.4 Å². The first-order chi connectivity index (χ1) is 7.81. The Morgan fingerprint density at radius 3 is 2.29 bits per heavy atom. The van der Waals surface area contributed by atoms with Crippen molar-refractivity contribution in [1.82, 2.24) is 0 Å². The zero-order valence-corrected chi connectivity index (χ0v) is 10.9. The number of ether oxygens (including phenoxy) is 1. The van der Waals surface area contributed by atoms with E-state index in [2.05, 4.69) is 4.18 Å². The summed E-state index contributed by atoms with van der Waals surface area (Å²) in [6.45, 7) is 5.36. The molecule has 0 aliphatic carbocycles. The zero-order valence-electron chi connectivity index (χ0n) is 10.1. The Morgan fingerprint density at radius 1 is 1.29 bits per heavy atom. The number of aliphatic hydroxyl groups is 2. The van der Waals surface area contributed by atoms with Crippen LogP contribution in [-0.2, 0) is 19.3 Å². The Balaban J connectivity index is 0.00000121.